The van der Waals surface area contributed by atoms with Gasteiger partial charge in [-0.15, -0.1) is 0 Å². The second kappa shape index (κ2) is 11.0. The number of carbonyl (C=O) groups excluding carboxylic acids is 1. The number of fused-ring (bicyclic) bond motifs is 1. The lowest BCUT2D eigenvalue weighted by atomic mass is 9.93. The summed E-state index contributed by atoms with van der Waals surface area (Å²) in [6.07, 6.45) is 0. The van der Waals surface area contributed by atoms with Crippen LogP contribution < -0.4 is 21.1 Å². The van der Waals surface area contributed by atoms with E-state index < -0.39 is 6.03 Å². The van der Waals surface area contributed by atoms with Crippen LogP contribution in [0, 0.1) is 5.82 Å². The second-order valence-corrected chi connectivity index (χ2v) is 11.0. The second-order valence-electron chi connectivity index (χ2n) is 11.0. The zero-order valence-corrected chi connectivity index (χ0v) is 23.8. The molecule has 4 aromatic carbocycles. The molecule has 0 spiro atoms. The summed E-state index contributed by atoms with van der Waals surface area (Å²) in [6, 6.07) is 27.6. The molecular weight excluding hydrogens is 547 g/mol. The van der Waals surface area contributed by atoms with Crippen molar-refractivity contribution in [1.82, 2.24) is 14.9 Å². The van der Waals surface area contributed by atoms with Crippen LogP contribution in [0.25, 0.3) is 27.8 Å². The van der Waals surface area contributed by atoms with E-state index >= 15 is 0 Å². The molecule has 0 aliphatic heterocycles. The van der Waals surface area contributed by atoms with E-state index in [2.05, 4.69) is 15.8 Å². The first-order valence-corrected chi connectivity index (χ1v) is 13.6. The number of aromatic nitrogens is 3. The summed E-state index contributed by atoms with van der Waals surface area (Å²) in [5, 5.41) is 15.2. The Bertz CT molecular complexity index is 1900. The summed E-state index contributed by atoms with van der Waals surface area (Å²) in [5.74, 6) is 1.83. The monoisotopic (exact) mass is 576 g/mol. The van der Waals surface area contributed by atoms with Gasteiger partial charge in [0.2, 0.25) is 0 Å². The van der Waals surface area contributed by atoms with E-state index in [1.807, 2.05) is 80.1 Å². The number of benzene rings is 4. The number of hydrogen-bond donors (Lipinski definition) is 3. The number of urea groups is 1. The Hall–Kier alpha value is -5.64. The summed E-state index contributed by atoms with van der Waals surface area (Å²) in [6.45, 7) is 6.01. The quantitative estimate of drug-likeness (QED) is 0.172. The molecule has 4 N–H and O–H groups in total. The molecule has 2 amide bonds. The molecule has 9 nitrogen and oxygen atoms in total. The molecule has 10 heteroatoms. The topological polar surface area (TPSA) is 120 Å². The molecule has 0 fully saturated rings. The maximum absolute atomic E-state index is 13.2. The molecule has 2 heterocycles. The molecule has 2 aromatic heterocycles. The van der Waals surface area contributed by atoms with Crippen molar-refractivity contribution < 1.29 is 18.4 Å². The number of hydrogen-bond acceptors (Lipinski definition) is 6. The molecule has 0 aliphatic carbocycles. The Balaban J connectivity index is 1.22. The summed E-state index contributed by atoms with van der Waals surface area (Å²) in [4.78, 5) is 12.5. The van der Waals surface area contributed by atoms with Gasteiger partial charge in [-0.3, -0.25) is 5.32 Å². The van der Waals surface area contributed by atoms with Crippen LogP contribution in [0.2, 0.25) is 0 Å². The molecule has 43 heavy (non-hydrogen) atoms. The van der Waals surface area contributed by atoms with Gasteiger partial charge < -0.3 is 20.3 Å². The molecule has 6 rings (SSSR count). The minimum absolute atomic E-state index is 0.219. The van der Waals surface area contributed by atoms with E-state index in [-0.39, 0.29) is 11.2 Å². The molecule has 0 bridgehead atoms. The number of anilines is 3. The zero-order valence-electron chi connectivity index (χ0n) is 23.8. The van der Waals surface area contributed by atoms with Gasteiger partial charge >= 0.3 is 6.03 Å². The lowest BCUT2D eigenvalue weighted by Gasteiger charge is -2.12. The van der Waals surface area contributed by atoms with E-state index in [9.17, 15) is 9.18 Å². The van der Waals surface area contributed by atoms with Crippen LogP contribution in [0.5, 0.6) is 11.5 Å². The van der Waals surface area contributed by atoms with Crippen LogP contribution in [-0.2, 0) is 5.41 Å². The average Bonchev–Trinajstić information content (AvgIpc) is 3.61. The number of halogens is 1. The van der Waals surface area contributed by atoms with Gasteiger partial charge in [0.15, 0.2) is 5.82 Å². The Labute approximate surface area is 247 Å². The number of nitrogen functional groups attached to an aromatic ring is 1. The molecule has 6 aromatic rings. The van der Waals surface area contributed by atoms with Crippen LogP contribution in [-0.4, -0.2) is 21.0 Å². The predicted molar refractivity (Wildman–Crippen MR) is 165 cm³/mol. The Morgan fingerprint density at radius 2 is 1.58 bits per heavy atom. The summed E-state index contributed by atoms with van der Waals surface area (Å²) >= 11 is 0. The Morgan fingerprint density at radius 3 is 2.23 bits per heavy atom. The number of carbonyl (C=O) groups is 1. The van der Waals surface area contributed by atoms with Gasteiger partial charge in [0.25, 0.3) is 0 Å². The first kappa shape index (κ1) is 27.5. The summed E-state index contributed by atoms with van der Waals surface area (Å²) in [5.41, 5.74) is 10.6. The van der Waals surface area contributed by atoms with Gasteiger partial charge in [-0.05, 0) is 84.9 Å². The first-order valence-electron chi connectivity index (χ1n) is 13.6. The van der Waals surface area contributed by atoms with Crippen molar-refractivity contribution >= 4 is 34.1 Å². The maximum Gasteiger partial charge on any atom is 0.324 e. The minimum Gasteiger partial charge on any atom is -0.457 e. The largest absolute Gasteiger partial charge is 0.457 e. The smallest absolute Gasteiger partial charge is 0.324 e. The van der Waals surface area contributed by atoms with Crippen LogP contribution in [0.15, 0.2) is 102 Å². The highest BCUT2D eigenvalue weighted by Crippen LogP contribution is 2.35. The van der Waals surface area contributed by atoms with Gasteiger partial charge in [-0.1, -0.05) is 32.0 Å². The van der Waals surface area contributed by atoms with Gasteiger partial charge in [0.05, 0.1) is 16.6 Å². The maximum atomic E-state index is 13.2. The van der Waals surface area contributed by atoms with Gasteiger partial charge in [-0.2, -0.15) is 5.10 Å². The lowest BCUT2D eigenvalue weighted by Crippen LogP contribution is -2.19. The molecular formula is C33H29FN6O3. The SMILES string of the molecule is CC(C)(C)c1cc(NC(=O)Nc2ccc(-n3nc(-c4ccc(Oc5ccc(F)cc5)cc4)c4c(N)cccc43)cc2)no1. The third-order valence-corrected chi connectivity index (χ3v) is 6.78. The fourth-order valence-electron chi connectivity index (χ4n) is 4.57. The van der Waals surface area contributed by atoms with Gasteiger partial charge in [0.1, 0.15) is 28.8 Å². The van der Waals surface area contributed by atoms with E-state index in [1.54, 1.807) is 30.3 Å². The highest BCUT2D eigenvalue weighted by Gasteiger charge is 2.20. The number of rotatable bonds is 6. The third-order valence-electron chi connectivity index (χ3n) is 6.78. The number of nitrogens with zero attached hydrogens (tertiary/aromatic N) is 3. The predicted octanol–water partition coefficient (Wildman–Crippen LogP) is 8.14. The number of amides is 2. The van der Waals surface area contributed by atoms with Crippen molar-refractivity contribution in [2.75, 3.05) is 16.4 Å². The molecule has 0 unspecified atom stereocenters. The third kappa shape index (κ3) is 5.89. The summed E-state index contributed by atoms with van der Waals surface area (Å²) < 4.78 is 26.2. The van der Waals surface area contributed by atoms with E-state index in [4.69, 9.17) is 20.1 Å². The van der Waals surface area contributed by atoms with Crippen molar-refractivity contribution in [3.05, 3.63) is 109 Å². The van der Waals surface area contributed by atoms with Crippen molar-refractivity contribution in [1.29, 1.82) is 0 Å². The molecule has 0 atom stereocenters. The van der Waals surface area contributed by atoms with Crippen LogP contribution >= 0.6 is 0 Å². The molecule has 0 saturated carbocycles. The van der Waals surface area contributed by atoms with E-state index in [0.717, 1.165) is 22.2 Å². The van der Waals surface area contributed by atoms with Crippen molar-refractivity contribution in [3.63, 3.8) is 0 Å². The first-order chi connectivity index (χ1) is 20.6. The zero-order chi connectivity index (χ0) is 30.1. The number of nitrogens with one attached hydrogen (secondary N) is 2. The molecule has 0 saturated heterocycles. The highest BCUT2D eigenvalue weighted by atomic mass is 19.1. The number of ether oxygens (including phenoxy) is 1. The normalized spacial score (nSPS) is 11.4. The fourth-order valence-corrected chi connectivity index (χ4v) is 4.57. The fraction of sp³-hybridized carbons (Fsp3) is 0.121. The lowest BCUT2D eigenvalue weighted by molar-refractivity contribution is 0.262. The van der Waals surface area contributed by atoms with Gasteiger partial charge in [0, 0.05) is 28.4 Å². The minimum atomic E-state index is -0.437. The van der Waals surface area contributed by atoms with Crippen molar-refractivity contribution in [2.45, 2.75) is 26.2 Å². The van der Waals surface area contributed by atoms with Gasteiger partial charge in [-0.25, -0.2) is 13.9 Å². The van der Waals surface area contributed by atoms with Crippen LogP contribution in [0.1, 0.15) is 26.5 Å². The Morgan fingerprint density at radius 1 is 0.907 bits per heavy atom. The van der Waals surface area contributed by atoms with Crippen molar-refractivity contribution in [2.24, 2.45) is 0 Å². The van der Waals surface area contributed by atoms with Crippen LogP contribution in [0.4, 0.5) is 26.4 Å². The van der Waals surface area contributed by atoms with Crippen molar-refractivity contribution in [3.8, 4) is 28.4 Å². The molecule has 216 valence electrons. The van der Waals surface area contributed by atoms with E-state index in [1.165, 1.54) is 12.1 Å². The highest BCUT2D eigenvalue weighted by molar-refractivity contribution is 6.02. The van der Waals surface area contributed by atoms with Crippen LogP contribution in [0.3, 0.4) is 0 Å². The average molecular weight is 577 g/mol. The molecule has 0 aliphatic rings. The summed E-state index contributed by atoms with van der Waals surface area (Å²) in [7, 11) is 0. The van der Waals surface area contributed by atoms with E-state index in [0.29, 0.717) is 40.1 Å². The number of nitrogens with two attached hydrogens (primary N) is 1. The molecule has 0 radical (unpaired) electrons. The standard InChI is InChI=1S/C33H29FN6O3/c1-33(2,3)28-19-29(39-43-28)37-32(41)36-22-11-13-23(14-12-22)40-27-6-4-5-26(35)30(27)31(38-40)20-7-15-24(16-8-20)42-25-17-9-21(34)10-18-25/h4-19H,35H2,1-3H3,(H2,36,37,39,41). The Kier molecular flexibility index (Phi) is 7.03.